The normalized spacial score (nSPS) is 15.1. The molecule has 150 valence electrons. The zero-order chi connectivity index (χ0) is 19.8. The van der Waals surface area contributed by atoms with Crippen molar-refractivity contribution in [2.24, 2.45) is 0 Å². The van der Waals surface area contributed by atoms with Gasteiger partial charge in [-0.3, -0.25) is 14.4 Å². The van der Waals surface area contributed by atoms with Crippen molar-refractivity contribution in [2.45, 2.75) is 11.3 Å². The van der Waals surface area contributed by atoms with Crippen molar-refractivity contribution in [1.82, 2.24) is 10.2 Å². The lowest BCUT2D eigenvalue weighted by atomic mass is 10.1. The summed E-state index contributed by atoms with van der Waals surface area (Å²) >= 11 is 0. The Labute approximate surface area is 165 Å². The highest BCUT2D eigenvalue weighted by molar-refractivity contribution is 7.92. The molecule has 2 N–H and O–H groups in total. The zero-order valence-corrected chi connectivity index (χ0v) is 16.5. The van der Waals surface area contributed by atoms with Crippen molar-refractivity contribution < 1.29 is 17.9 Å². The number of hydrogen-bond acceptors (Lipinski definition) is 5. The van der Waals surface area contributed by atoms with Crippen molar-refractivity contribution >= 4 is 21.6 Å². The second-order valence-electron chi connectivity index (χ2n) is 6.53. The predicted octanol–water partition coefficient (Wildman–Crippen LogP) is 1.94. The Morgan fingerprint density at radius 1 is 1.00 bits per heavy atom. The van der Waals surface area contributed by atoms with E-state index in [4.69, 9.17) is 4.74 Å². The first-order valence-electron chi connectivity index (χ1n) is 9.31. The van der Waals surface area contributed by atoms with E-state index < -0.39 is 10.0 Å². The Morgan fingerprint density at radius 2 is 1.68 bits per heavy atom. The summed E-state index contributed by atoms with van der Waals surface area (Å²) in [5, 5.41) is 2.87. The molecule has 7 nitrogen and oxygen atoms in total. The van der Waals surface area contributed by atoms with Crippen LogP contribution in [0, 0.1) is 0 Å². The first-order valence-corrected chi connectivity index (χ1v) is 10.8. The molecule has 2 aromatic rings. The van der Waals surface area contributed by atoms with E-state index in [1.54, 1.807) is 42.5 Å². The first kappa shape index (κ1) is 20.3. The second-order valence-corrected chi connectivity index (χ2v) is 8.21. The highest BCUT2D eigenvalue weighted by atomic mass is 32.2. The summed E-state index contributed by atoms with van der Waals surface area (Å²) in [6.07, 6.45) is 0.823. The SMILES string of the molecule is O=C(NCCCN1CCOCC1)c1ccccc1NS(=O)(=O)c1ccccc1. The molecule has 0 radical (unpaired) electrons. The predicted molar refractivity (Wildman–Crippen MR) is 108 cm³/mol. The molecule has 1 heterocycles. The van der Waals surface area contributed by atoms with E-state index in [1.807, 2.05) is 0 Å². The van der Waals surface area contributed by atoms with Gasteiger partial charge < -0.3 is 10.1 Å². The molecule has 1 fully saturated rings. The largest absolute Gasteiger partial charge is 0.379 e. The van der Waals surface area contributed by atoms with E-state index in [0.717, 1.165) is 39.3 Å². The number of sulfonamides is 1. The second kappa shape index (κ2) is 9.68. The fraction of sp³-hybridized carbons (Fsp3) is 0.350. The summed E-state index contributed by atoms with van der Waals surface area (Å²) in [5.41, 5.74) is 0.561. The van der Waals surface area contributed by atoms with Gasteiger partial charge in [0.15, 0.2) is 0 Å². The Morgan fingerprint density at radius 3 is 2.43 bits per heavy atom. The van der Waals surface area contributed by atoms with Gasteiger partial charge in [0.05, 0.1) is 29.4 Å². The Kier molecular flexibility index (Phi) is 7.02. The van der Waals surface area contributed by atoms with Crippen LogP contribution in [-0.2, 0) is 14.8 Å². The average molecular weight is 404 g/mol. The molecule has 28 heavy (non-hydrogen) atoms. The molecule has 0 aromatic heterocycles. The molecule has 0 bridgehead atoms. The maximum atomic E-state index is 12.6. The molecule has 1 amide bonds. The summed E-state index contributed by atoms with van der Waals surface area (Å²) in [4.78, 5) is 15.0. The number of amides is 1. The molecule has 1 aliphatic heterocycles. The highest BCUT2D eigenvalue weighted by Crippen LogP contribution is 2.20. The minimum atomic E-state index is -3.76. The van der Waals surface area contributed by atoms with Gasteiger partial charge in [-0.05, 0) is 37.2 Å². The summed E-state index contributed by atoms with van der Waals surface area (Å²) in [6, 6.07) is 14.7. The summed E-state index contributed by atoms with van der Waals surface area (Å²) in [7, 11) is -3.76. The fourth-order valence-corrected chi connectivity index (χ4v) is 4.10. The molecule has 3 rings (SSSR count). The number of benzene rings is 2. The number of para-hydroxylation sites is 1. The van der Waals surface area contributed by atoms with Crippen LogP contribution in [0.5, 0.6) is 0 Å². The van der Waals surface area contributed by atoms with Crippen LogP contribution in [-0.4, -0.2) is 58.6 Å². The van der Waals surface area contributed by atoms with E-state index in [1.165, 1.54) is 12.1 Å². The van der Waals surface area contributed by atoms with Gasteiger partial charge in [0.2, 0.25) is 0 Å². The van der Waals surface area contributed by atoms with Crippen LogP contribution in [0.25, 0.3) is 0 Å². The van der Waals surface area contributed by atoms with E-state index in [9.17, 15) is 13.2 Å². The Balaban J connectivity index is 1.59. The van der Waals surface area contributed by atoms with Gasteiger partial charge in [0.25, 0.3) is 15.9 Å². The van der Waals surface area contributed by atoms with Crippen LogP contribution in [0.4, 0.5) is 5.69 Å². The van der Waals surface area contributed by atoms with E-state index in [2.05, 4.69) is 14.9 Å². The fourth-order valence-electron chi connectivity index (χ4n) is 3.00. The monoisotopic (exact) mass is 403 g/mol. The van der Waals surface area contributed by atoms with Gasteiger partial charge in [-0.2, -0.15) is 0 Å². The number of ether oxygens (including phenoxy) is 1. The van der Waals surface area contributed by atoms with Gasteiger partial charge in [0, 0.05) is 19.6 Å². The minimum Gasteiger partial charge on any atom is -0.379 e. The molecule has 1 saturated heterocycles. The lowest BCUT2D eigenvalue weighted by molar-refractivity contribution is 0.0374. The highest BCUT2D eigenvalue weighted by Gasteiger charge is 2.18. The number of carbonyl (C=O) groups excluding carboxylic acids is 1. The van der Waals surface area contributed by atoms with Gasteiger partial charge in [-0.15, -0.1) is 0 Å². The zero-order valence-electron chi connectivity index (χ0n) is 15.6. The maximum Gasteiger partial charge on any atom is 0.261 e. The molecule has 8 heteroatoms. The molecule has 2 aromatic carbocycles. The van der Waals surface area contributed by atoms with Crippen LogP contribution < -0.4 is 10.0 Å². The quantitative estimate of drug-likeness (QED) is 0.658. The molecular weight excluding hydrogens is 378 g/mol. The van der Waals surface area contributed by atoms with Gasteiger partial charge in [-0.1, -0.05) is 30.3 Å². The minimum absolute atomic E-state index is 0.149. The lowest BCUT2D eigenvalue weighted by Crippen LogP contribution is -2.38. The molecule has 0 unspecified atom stereocenters. The molecule has 0 saturated carbocycles. The number of morpholine rings is 1. The van der Waals surface area contributed by atoms with Gasteiger partial charge >= 0.3 is 0 Å². The molecule has 0 aliphatic carbocycles. The number of hydrogen-bond donors (Lipinski definition) is 2. The smallest absolute Gasteiger partial charge is 0.261 e. The third kappa shape index (κ3) is 5.54. The first-order chi connectivity index (χ1) is 13.6. The average Bonchev–Trinajstić information content (AvgIpc) is 2.72. The summed E-state index contributed by atoms with van der Waals surface area (Å²) in [5.74, 6) is -0.298. The Hall–Kier alpha value is -2.42. The van der Waals surface area contributed by atoms with Gasteiger partial charge in [-0.25, -0.2) is 8.42 Å². The standard InChI is InChI=1S/C20H25N3O4S/c24-20(21-11-6-12-23-13-15-27-16-14-23)18-9-4-5-10-19(18)22-28(25,26)17-7-2-1-3-8-17/h1-5,7-10,22H,6,11-16H2,(H,21,24). The van der Waals surface area contributed by atoms with E-state index in [0.29, 0.717) is 12.1 Å². The van der Waals surface area contributed by atoms with Gasteiger partial charge in [0.1, 0.15) is 0 Å². The van der Waals surface area contributed by atoms with Crippen molar-refractivity contribution in [1.29, 1.82) is 0 Å². The van der Waals surface area contributed by atoms with Crippen molar-refractivity contribution in [3.8, 4) is 0 Å². The summed E-state index contributed by atoms with van der Waals surface area (Å²) < 4.78 is 32.9. The number of rotatable bonds is 8. The molecule has 1 aliphatic rings. The summed E-state index contributed by atoms with van der Waals surface area (Å²) in [6.45, 7) is 4.75. The van der Waals surface area contributed by atoms with Crippen LogP contribution >= 0.6 is 0 Å². The third-order valence-electron chi connectivity index (χ3n) is 4.51. The lowest BCUT2D eigenvalue weighted by Gasteiger charge is -2.26. The number of nitrogens with zero attached hydrogens (tertiary/aromatic N) is 1. The number of carbonyl (C=O) groups is 1. The van der Waals surface area contributed by atoms with E-state index in [-0.39, 0.29) is 16.5 Å². The van der Waals surface area contributed by atoms with Crippen LogP contribution in [0.3, 0.4) is 0 Å². The molecule has 0 atom stereocenters. The number of nitrogens with one attached hydrogen (secondary N) is 2. The van der Waals surface area contributed by atoms with Crippen molar-refractivity contribution in [3.05, 3.63) is 60.2 Å². The third-order valence-corrected chi connectivity index (χ3v) is 5.89. The van der Waals surface area contributed by atoms with Crippen LogP contribution in [0.1, 0.15) is 16.8 Å². The van der Waals surface area contributed by atoms with Crippen LogP contribution in [0.2, 0.25) is 0 Å². The topological polar surface area (TPSA) is 87.7 Å². The number of anilines is 1. The van der Waals surface area contributed by atoms with Crippen molar-refractivity contribution in [2.75, 3.05) is 44.1 Å². The molecule has 0 spiro atoms. The Bertz CT molecular complexity index is 881. The van der Waals surface area contributed by atoms with Crippen molar-refractivity contribution in [3.63, 3.8) is 0 Å². The van der Waals surface area contributed by atoms with Crippen LogP contribution in [0.15, 0.2) is 59.5 Å². The van der Waals surface area contributed by atoms with E-state index >= 15 is 0 Å². The molecular formula is C20H25N3O4S. The maximum absolute atomic E-state index is 12.6.